The predicted molar refractivity (Wildman–Crippen MR) is 70.8 cm³/mol. The van der Waals surface area contributed by atoms with Crippen LogP contribution in [0.2, 0.25) is 0 Å². The predicted octanol–water partition coefficient (Wildman–Crippen LogP) is 1.36. The Balaban J connectivity index is 2.46. The van der Waals surface area contributed by atoms with Gasteiger partial charge in [-0.15, -0.1) is 0 Å². The average Bonchev–Trinajstić information content (AvgIpc) is 2.44. The van der Waals surface area contributed by atoms with Crippen molar-refractivity contribution in [2.75, 3.05) is 12.8 Å². The van der Waals surface area contributed by atoms with Crippen molar-refractivity contribution in [1.82, 2.24) is 10.4 Å². The molecule has 1 atom stereocenters. The van der Waals surface area contributed by atoms with Gasteiger partial charge in [0, 0.05) is 17.4 Å². The lowest BCUT2D eigenvalue weighted by Gasteiger charge is -2.19. The van der Waals surface area contributed by atoms with Gasteiger partial charge >= 0.3 is 0 Å². The first-order valence-corrected chi connectivity index (χ1v) is 5.65. The van der Waals surface area contributed by atoms with Crippen LogP contribution in [0.15, 0.2) is 36.7 Å². The molecule has 0 amide bonds. The van der Waals surface area contributed by atoms with Crippen LogP contribution in [0.25, 0.3) is 0 Å². The Labute approximate surface area is 110 Å². The summed E-state index contributed by atoms with van der Waals surface area (Å²) in [7, 11) is 1.54. The quantitative estimate of drug-likeness (QED) is 0.440. The van der Waals surface area contributed by atoms with Gasteiger partial charge in [-0.3, -0.25) is 10.8 Å². The van der Waals surface area contributed by atoms with Crippen molar-refractivity contribution in [2.24, 2.45) is 5.84 Å². The number of hydrazine groups is 1. The van der Waals surface area contributed by atoms with Crippen LogP contribution in [0, 0.1) is 5.82 Å². The van der Waals surface area contributed by atoms with E-state index in [1.807, 2.05) is 0 Å². The number of pyridine rings is 1. The molecule has 0 aliphatic heterocycles. The Morgan fingerprint density at radius 2 is 2.11 bits per heavy atom. The number of aromatic nitrogens is 1. The number of ether oxygens (including phenoxy) is 1. The van der Waals surface area contributed by atoms with Crippen molar-refractivity contribution in [3.05, 3.63) is 53.6 Å². The molecular formula is C13H15FN4O. The van der Waals surface area contributed by atoms with Gasteiger partial charge in [-0.05, 0) is 29.8 Å². The first-order chi connectivity index (χ1) is 9.15. The summed E-state index contributed by atoms with van der Waals surface area (Å²) < 4.78 is 18.4. The van der Waals surface area contributed by atoms with E-state index in [1.54, 1.807) is 25.6 Å². The molecule has 5 nitrogen and oxygen atoms in total. The van der Waals surface area contributed by atoms with E-state index in [4.69, 9.17) is 16.3 Å². The van der Waals surface area contributed by atoms with E-state index >= 15 is 0 Å². The smallest absolute Gasteiger partial charge is 0.137 e. The van der Waals surface area contributed by atoms with Gasteiger partial charge in [0.25, 0.3) is 0 Å². The molecular weight excluding hydrogens is 247 g/mol. The monoisotopic (exact) mass is 262 g/mol. The van der Waals surface area contributed by atoms with Crippen molar-refractivity contribution in [2.45, 2.75) is 6.04 Å². The van der Waals surface area contributed by atoms with E-state index in [9.17, 15) is 4.39 Å². The number of hydrogen-bond acceptors (Lipinski definition) is 5. The Morgan fingerprint density at radius 3 is 2.79 bits per heavy atom. The Hall–Kier alpha value is -2.18. The number of anilines is 1. The summed E-state index contributed by atoms with van der Waals surface area (Å²) in [5, 5.41) is 0. The third-order valence-corrected chi connectivity index (χ3v) is 2.83. The molecule has 19 heavy (non-hydrogen) atoms. The summed E-state index contributed by atoms with van der Waals surface area (Å²) in [5.74, 6) is 5.77. The molecule has 0 bridgehead atoms. The minimum absolute atomic E-state index is 0.375. The van der Waals surface area contributed by atoms with Gasteiger partial charge < -0.3 is 10.5 Å². The van der Waals surface area contributed by atoms with Crippen LogP contribution < -0.4 is 21.7 Å². The SMILES string of the molecule is COc1cncc(C(NN)c2cc(F)ccc2N)c1. The topological polar surface area (TPSA) is 86.2 Å². The van der Waals surface area contributed by atoms with Gasteiger partial charge in [-0.25, -0.2) is 9.82 Å². The summed E-state index contributed by atoms with van der Waals surface area (Å²) in [4.78, 5) is 4.05. The molecule has 0 radical (unpaired) electrons. The zero-order valence-electron chi connectivity index (χ0n) is 10.4. The maximum atomic E-state index is 13.3. The Kier molecular flexibility index (Phi) is 3.94. The second kappa shape index (κ2) is 5.64. The molecule has 0 fully saturated rings. The van der Waals surface area contributed by atoms with Crippen molar-refractivity contribution in [3.63, 3.8) is 0 Å². The van der Waals surface area contributed by atoms with Crippen LogP contribution in [0.4, 0.5) is 10.1 Å². The molecule has 2 aromatic rings. The molecule has 1 unspecified atom stereocenters. The number of hydrogen-bond donors (Lipinski definition) is 3. The lowest BCUT2D eigenvalue weighted by molar-refractivity contribution is 0.411. The first kappa shape index (κ1) is 13.3. The normalized spacial score (nSPS) is 12.2. The zero-order valence-corrected chi connectivity index (χ0v) is 10.4. The largest absolute Gasteiger partial charge is 0.495 e. The number of nitrogen functional groups attached to an aromatic ring is 1. The standard InChI is InChI=1S/C13H15FN4O/c1-19-10-4-8(6-17-7-10)13(18-16)11-5-9(14)2-3-12(11)15/h2-7,13,18H,15-16H2,1H3. The van der Waals surface area contributed by atoms with Gasteiger partial charge in [0.15, 0.2) is 0 Å². The van der Waals surface area contributed by atoms with E-state index in [0.29, 0.717) is 17.0 Å². The van der Waals surface area contributed by atoms with Gasteiger partial charge in [0.2, 0.25) is 0 Å². The van der Waals surface area contributed by atoms with E-state index < -0.39 is 6.04 Å². The molecule has 1 heterocycles. The number of nitrogens with two attached hydrogens (primary N) is 2. The molecule has 0 saturated carbocycles. The highest BCUT2D eigenvalue weighted by molar-refractivity contribution is 5.51. The van der Waals surface area contributed by atoms with Crippen LogP contribution >= 0.6 is 0 Å². The van der Waals surface area contributed by atoms with Gasteiger partial charge in [-0.2, -0.15) is 0 Å². The molecule has 6 heteroatoms. The summed E-state index contributed by atoms with van der Waals surface area (Å²) in [6.07, 6.45) is 3.20. The fourth-order valence-corrected chi connectivity index (χ4v) is 1.87. The highest BCUT2D eigenvalue weighted by Gasteiger charge is 2.17. The summed E-state index contributed by atoms with van der Waals surface area (Å²) in [5.41, 5.74) is 10.2. The summed E-state index contributed by atoms with van der Waals surface area (Å²) >= 11 is 0. The highest BCUT2D eigenvalue weighted by Crippen LogP contribution is 2.28. The molecule has 0 aliphatic carbocycles. The second-order valence-electron chi connectivity index (χ2n) is 4.03. The van der Waals surface area contributed by atoms with E-state index in [2.05, 4.69) is 10.4 Å². The zero-order chi connectivity index (χ0) is 13.8. The van der Waals surface area contributed by atoms with Gasteiger partial charge in [0.05, 0.1) is 19.3 Å². The second-order valence-corrected chi connectivity index (χ2v) is 4.03. The number of nitrogens with zero attached hydrogens (tertiary/aromatic N) is 1. The average molecular weight is 262 g/mol. The summed E-state index contributed by atoms with van der Waals surface area (Å²) in [6.45, 7) is 0. The minimum atomic E-state index is -0.460. The fourth-order valence-electron chi connectivity index (χ4n) is 1.87. The Morgan fingerprint density at radius 1 is 1.32 bits per heavy atom. The lowest BCUT2D eigenvalue weighted by Crippen LogP contribution is -2.29. The van der Waals surface area contributed by atoms with Gasteiger partial charge in [-0.1, -0.05) is 0 Å². The van der Waals surface area contributed by atoms with E-state index in [-0.39, 0.29) is 5.82 Å². The van der Waals surface area contributed by atoms with Crippen LogP contribution in [-0.4, -0.2) is 12.1 Å². The highest BCUT2D eigenvalue weighted by atomic mass is 19.1. The molecule has 1 aromatic heterocycles. The van der Waals surface area contributed by atoms with Crippen LogP contribution in [0.3, 0.4) is 0 Å². The third-order valence-electron chi connectivity index (χ3n) is 2.83. The lowest BCUT2D eigenvalue weighted by atomic mass is 9.99. The Bertz CT molecular complexity index is 576. The molecule has 2 rings (SSSR count). The maximum Gasteiger partial charge on any atom is 0.137 e. The van der Waals surface area contributed by atoms with Crippen molar-refractivity contribution in [1.29, 1.82) is 0 Å². The van der Waals surface area contributed by atoms with Crippen molar-refractivity contribution in [3.8, 4) is 5.75 Å². The number of methoxy groups -OCH3 is 1. The number of nitrogens with one attached hydrogen (secondary N) is 1. The van der Waals surface area contributed by atoms with Crippen molar-refractivity contribution >= 4 is 5.69 Å². The van der Waals surface area contributed by atoms with E-state index in [0.717, 1.165) is 5.56 Å². The number of rotatable bonds is 4. The molecule has 1 aromatic carbocycles. The summed E-state index contributed by atoms with van der Waals surface area (Å²) in [6, 6.07) is 5.46. The molecule has 0 saturated heterocycles. The van der Waals surface area contributed by atoms with Gasteiger partial charge in [0.1, 0.15) is 11.6 Å². The first-order valence-electron chi connectivity index (χ1n) is 5.65. The van der Waals surface area contributed by atoms with Crippen LogP contribution in [0.1, 0.15) is 17.2 Å². The fraction of sp³-hybridized carbons (Fsp3) is 0.154. The van der Waals surface area contributed by atoms with E-state index in [1.165, 1.54) is 18.2 Å². The number of halogens is 1. The number of benzene rings is 1. The molecule has 0 spiro atoms. The molecule has 100 valence electrons. The van der Waals surface area contributed by atoms with Crippen molar-refractivity contribution < 1.29 is 9.13 Å². The molecule has 0 aliphatic rings. The van der Waals surface area contributed by atoms with Crippen LogP contribution in [-0.2, 0) is 0 Å². The maximum absolute atomic E-state index is 13.3. The third kappa shape index (κ3) is 2.81. The minimum Gasteiger partial charge on any atom is -0.495 e. The molecule has 5 N–H and O–H groups in total. The van der Waals surface area contributed by atoms with Crippen LogP contribution in [0.5, 0.6) is 5.75 Å².